The number of benzene rings is 1. The van der Waals surface area contributed by atoms with E-state index < -0.39 is 29.5 Å². The molecule has 0 aliphatic carbocycles. The van der Waals surface area contributed by atoms with E-state index >= 15 is 0 Å². The summed E-state index contributed by atoms with van der Waals surface area (Å²) >= 11 is -1.09. The van der Waals surface area contributed by atoms with Crippen LogP contribution >= 0.6 is 0 Å². The highest BCUT2D eigenvalue weighted by Crippen LogP contribution is 2.32. The van der Waals surface area contributed by atoms with E-state index in [2.05, 4.69) is 38.2 Å². The second-order valence-electron chi connectivity index (χ2n) is 10.5. The minimum absolute atomic E-state index is 0.0534. The average Bonchev–Trinajstić information content (AvgIpc) is 3.13. The van der Waals surface area contributed by atoms with E-state index in [4.69, 9.17) is 4.99 Å². The Labute approximate surface area is 223 Å². The number of carbonyl (C=O) groups is 1. The average molecular weight is 542 g/mol. The second kappa shape index (κ2) is 13.5. The molecule has 1 saturated heterocycles. The van der Waals surface area contributed by atoms with Gasteiger partial charge in [0.25, 0.3) is 5.91 Å². The molecule has 1 atom stereocenters. The summed E-state index contributed by atoms with van der Waals surface area (Å²) in [7, 11) is 0. The van der Waals surface area contributed by atoms with Crippen molar-refractivity contribution in [3.8, 4) is 0 Å². The third-order valence-corrected chi connectivity index (χ3v) is 9.18. The number of alkyl halides is 3. The normalized spacial score (nSPS) is 18.8. The molecule has 1 amide bonds. The number of unbranched alkanes of at least 4 members (excludes halogenated alkanes) is 5. The van der Waals surface area contributed by atoms with Gasteiger partial charge in [-0.2, -0.15) is 13.2 Å². The van der Waals surface area contributed by atoms with E-state index in [0.717, 1.165) is 44.4 Å². The van der Waals surface area contributed by atoms with E-state index in [-0.39, 0.29) is 12.3 Å². The van der Waals surface area contributed by atoms with Crippen molar-refractivity contribution in [3.05, 3.63) is 34.4 Å². The number of aryl methyl sites for hydroxylation is 3. The highest BCUT2D eigenvalue weighted by atomic mass is 32.2. The van der Waals surface area contributed by atoms with E-state index in [0.29, 0.717) is 44.5 Å². The van der Waals surface area contributed by atoms with Crippen molar-refractivity contribution >= 4 is 23.1 Å². The molecule has 1 aromatic rings. The van der Waals surface area contributed by atoms with Gasteiger partial charge in [-0.15, -0.1) is 4.31 Å². The fourth-order valence-electron chi connectivity index (χ4n) is 5.43. The number of hydrogen-bond acceptors (Lipinski definition) is 4. The van der Waals surface area contributed by atoms with E-state index in [1.54, 1.807) is 0 Å². The maximum atomic E-state index is 13.0. The SMILES string of the molecule is CCc1cc(C)c(CC[S+]([O-])N2CCC3(CC2)N=C(CCCCCCCCC(F)(F)F)NC3=O)c(C)c1. The van der Waals surface area contributed by atoms with Gasteiger partial charge in [-0.05, 0) is 68.2 Å². The Morgan fingerprint density at radius 1 is 1.03 bits per heavy atom. The van der Waals surface area contributed by atoms with Gasteiger partial charge < -0.3 is 9.87 Å². The van der Waals surface area contributed by atoms with Crippen molar-refractivity contribution < 1.29 is 22.5 Å². The van der Waals surface area contributed by atoms with E-state index in [1.807, 2.05) is 4.31 Å². The molecule has 1 fully saturated rings. The zero-order chi connectivity index (χ0) is 27.1. The number of piperidine rings is 1. The Morgan fingerprint density at radius 3 is 2.22 bits per heavy atom. The fourth-order valence-corrected chi connectivity index (χ4v) is 6.65. The minimum atomic E-state index is -4.06. The molecule has 3 rings (SSSR count). The molecular formula is C28H42F3N3O2S. The summed E-state index contributed by atoms with van der Waals surface area (Å²) in [5.41, 5.74) is 4.40. The molecule has 2 aliphatic rings. The van der Waals surface area contributed by atoms with E-state index in [1.165, 1.54) is 22.3 Å². The standard InChI is InChI=1S/C28H42F3N3O2S/c1-4-23-19-21(2)24(22(3)20-23)12-18-37(36)34-16-14-27(15-17-34)26(35)32-25(33-27)11-9-7-5-6-8-10-13-28(29,30)31/h19-20H,4-18H2,1-3H3,(H,32,33,35). The van der Waals surface area contributed by atoms with Crippen LogP contribution in [0.2, 0.25) is 0 Å². The number of halogens is 3. The molecule has 2 aliphatic heterocycles. The van der Waals surface area contributed by atoms with Gasteiger partial charge in [0.2, 0.25) is 0 Å². The monoisotopic (exact) mass is 541 g/mol. The van der Waals surface area contributed by atoms with Crippen LogP contribution in [0.3, 0.4) is 0 Å². The predicted octanol–water partition coefficient (Wildman–Crippen LogP) is 6.12. The van der Waals surface area contributed by atoms with Crippen LogP contribution in [0.4, 0.5) is 13.2 Å². The number of nitrogens with one attached hydrogen (secondary N) is 1. The van der Waals surface area contributed by atoms with Crippen LogP contribution in [-0.4, -0.2) is 51.2 Å². The fraction of sp³-hybridized carbons (Fsp3) is 0.714. The molecular weight excluding hydrogens is 499 g/mol. The van der Waals surface area contributed by atoms with Gasteiger partial charge in [-0.1, -0.05) is 44.7 Å². The smallest absolute Gasteiger partial charge is 0.389 e. The quantitative estimate of drug-likeness (QED) is 0.242. The summed E-state index contributed by atoms with van der Waals surface area (Å²) in [6, 6.07) is 4.45. The topological polar surface area (TPSA) is 67.8 Å². The van der Waals surface area contributed by atoms with Gasteiger partial charge in [-0.25, -0.2) is 0 Å². The van der Waals surface area contributed by atoms with Crippen molar-refractivity contribution in [2.75, 3.05) is 18.8 Å². The van der Waals surface area contributed by atoms with Gasteiger partial charge in [0.1, 0.15) is 17.1 Å². The Balaban J connectivity index is 1.39. The molecule has 0 aromatic heterocycles. The van der Waals surface area contributed by atoms with Crippen LogP contribution in [0.5, 0.6) is 0 Å². The molecule has 0 radical (unpaired) electrons. The Bertz CT molecular complexity index is 920. The van der Waals surface area contributed by atoms with Gasteiger partial charge in [0, 0.05) is 43.7 Å². The van der Waals surface area contributed by atoms with Crippen LogP contribution in [0, 0.1) is 13.8 Å². The lowest BCUT2D eigenvalue weighted by Gasteiger charge is -2.35. The van der Waals surface area contributed by atoms with Crippen LogP contribution in [0.15, 0.2) is 17.1 Å². The molecule has 0 saturated carbocycles. The number of amides is 1. The first-order valence-corrected chi connectivity index (χ1v) is 15.0. The Morgan fingerprint density at radius 2 is 1.62 bits per heavy atom. The summed E-state index contributed by atoms with van der Waals surface area (Å²) in [5.74, 6) is 1.25. The highest BCUT2D eigenvalue weighted by Gasteiger charge is 2.47. The lowest BCUT2D eigenvalue weighted by atomic mass is 9.89. The van der Waals surface area contributed by atoms with Gasteiger partial charge in [-0.3, -0.25) is 9.79 Å². The Hall–Kier alpha value is -1.58. The molecule has 2 heterocycles. The first kappa shape index (κ1) is 30.0. The van der Waals surface area contributed by atoms with Gasteiger partial charge >= 0.3 is 6.18 Å². The molecule has 1 spiro atoms. The van der Waals surface area contributed by atoms with Crippen molar-refractivity contribution in [3.63, 3.8) is 0 Å². The van der Waals surface area contributed by atoms with Crippen LogP contribution < -0.4 is 5.32 Å². The maximum Gasteiger partial charge on any atom is 0.389 e. The molecule has 9 heteroatoms. The molecule has 37 heavy (non-hydrogen) atoms. The molecule has 208 valence electrons. The van der Waals surface area contributed by atoms with Crippen molar-refractivity contribution in [1.29, 1.82) is 0 Å². The van der Waals surface area contributed by atoms with Crippen LogP contribution in [0.1, 0.15) is 93.4 Å². The summed E-state index contributed by atoms with van der Waals surface area (Å²) in [4.78, 5) is 17.5. The third kappa shape index (κ3) is 8.72. The third-order valence-electron chi connectivity index (χ3n) is 7.68. The van der Waals surface area contributed by atoms with E-state index in [9.17, 15) is 22.5 Å². The Kier molecular flexibility index (Phi) is 10.9. The van der Waals surface area contributed by atoms with Gasteiger partial charge in [0.15, 0.2) is 0 Å². The van der Waals surface area contributed by atoms with Crippen LogP contribution in [0.25, 0.3) is 0 Å². The molecule has 1 aromatic carbocycles. The van der Waals surface area contributed by atoms with Crippen LogP contribution in [-0.2, 0) is 29.0 Å². The molecule has 1 N–H and O–H groups in total. The number of amidine groups is 1. The maximum absolute atomic E-state index is 13.0. The lowest BCUT2D eigenvalue weighted by molar-refractivity contribution is -0.135. The van der Waals surface area contributed by atoms with Crippen molar-refractivity contribution in [2.45, 2.75) is 110 Å². The van der Waals surface area contributed by atoms with Crippen molar-refractivity contribution in [1.82, 2.24) is 9.62 Å². The zero-order valence-corrected chi connectivity index (χ0v) is 23.3. The number of rotatable bonds is 13. The summed E-state index contributed by atoms with van der Waals surface area (Å²) in [5, 5.41) is 2.95. The largest absolute Gasteiger partial charge is 0.598 e. The lowest BCUT2D eigenvalue weighted by Crippen LogP contribution is -2.50. The second-order valence-corrected chi connectivity index (χ2v) is 12.1. The number of nitrogens with zero attached hydrogens (tertiary/aromatic N) is 2. The first-order chi connectivity index (χ1) is 17.5. The summed E-state index contributed by atoms with van der Waals surface area (Å²) in [6.45, 7) is 7.58. The summed E-state index contributed by atoms with van der Waals surface area (Å²) < 4.78 is 51.6. The van der Waals surface area contributed by atoms with Gasteiger partial charge in [0.05, 0.1) is 0 Å². The number of hydrogen-bond donors (Lipinski definition) is 1. The highest BCUT2D eigenvalue weighted by molar-refractivity contribution is 7.89. The summed E-state index contributed by atoms with van der Waals surface area (Å²) in [6.07, 6.45) is 3.12. The molecule has 5 nitrogen and oxygen atoms in total. The number of aliphatic imine (C=N–C) groups is 1. The molecule has 1 unspecified atom stereocenters. The van der Waals surface area contributed by atoms with Crippen molar-refractivity contribution in [2.24, 2.45) is 4.99 Å². The predicted molar refractivity (Wildman–Crippen MR) is 144 cm³/mol. The first-order valence-electron chi connectivity index (χ1n) is 13.7. The number of carbonyl (C=O) groups excluding carboxylic acids is 1. The zero-order valence-electron chi connectivity index (χ0n) is 22.5. The molecule has 0 bridgehead atoms. The minimum Gasteiger partial charge on any atom is -0.598 e.